The number of nitrogens with one attached hydrogen (secondary N) is 1. The molecule has 1 aromatic carbocycles. The molecule has 6 nitrogen and oxygen atoms in total. The van der Waals surface area contributed by atoms with E-state index in [0.717, 1.165) is 0 Å². The predicted octanol–water partition coefficient (Wildman–Crippen LogP) is 0.656. The zero-order valence-corrected chi connectivity index (χ0v) is 11.4. The van der Waals surface area contributed by atoms with Crippen LogP contribution < -0.4 is 10.1 Å². The molecule has 0 aromatic heterocycles. The van der Waals surface area contributed by atoms with Crippen molar-refractivity contribution in [1.29, 1.82) is 0 Å². The average Bonchev–Trinajstić information content (AvgIpc) is 2.77. The van der Waals surface area contributed by atoms with E-state index in [2.05, 4.69) is 5.32 Å². The summed E-state index contributed by atoms with van der Waals surface area (Å²) < 4.78 is 10.1. The van der Waals surface area contributed by atoms with E-state index in [0.29, 0.717) is 16.9 Å². The minimum atomic E-state index is -0.698. The summed E-state index contributed by atoms with van der Waals surface area (Å²) in [7, 11) is 0. The van der Waals surface area contributed by atoms with Crippen LogP contribution in [0.3, 0.4) is 0 Å². The molecule has 1 heterocycles. The largest absolute Gasteiger partial charge is 0.426 e. The highest BCUT2D eigenvalue weighted by Gasteiger charge is 2.28. The van der Waals surface area contributed by atoms with Gasteiger partial charge in [0.25, 0.3) is 5.91 Å². The van der Waals surface area contributed by atoms with Crippen molar-refractivity contribution in [2.45, 2.75) is 26.0 Å². The lowest BCUT2D eigenvalue weighted by Crippen LogP contribution is -2.42. The Morgan fingerprint density at radius 3 is 2.80 bits per heavy atom. The van der Waals surface area contributed by atoms with Crippen LogP contribution in [0.25, 0.3) is 0 Å². The normalized spacial score (nSPS) is 21.6. The van der Waals surface area contributed by atoms with Gasteiger partial charge < -0.3 is 19.9 Å². The van der Waals surface area contributed by atoms with E-state index in [1.807, 2.05) is 0 Å². The fourth-order valence-corrected chi connectivity index (χ4v) is 2.05. The number of hydrogen-bond acceptors (Lipinski definition) is 5. The molecular weight excluding hydrogens is 262 g/mol. The first-order chi connectivity index (χ1) is 9.49. The van der Waals surface area contributed by atoms with Crippen molar-refractivity contribution >= 4 is 11.9 Å². The van der Waals surface area contributed by atoms with Crippen LogP contribution in [0.1, 0.15) is 24.3 Å². The summed E-state index contributed by atoms with van der Waals surface area (Å²) in [5, 5.41) is 12.3. The molecule has 1 aliphatic rings. The summed E-state index contributed by atoms with van der Waals surface area (Å²) in [6.07, 6.45) is -0.698. The van der Waals surface area contributed by atoms with Crippen molar-refractivity contribution in [3.8, 4) is 5.75 Å². The topological polar surface area (TPSA) is 84.9 Å². The minimum Gasteiger partial charge on any atom is -0.426 e. The molecule has 110 valence electrons. The maximum atomic E-state index is 12.2. The Morgan fingerprint density at radius 1 is 1.45 bits per heavy atom. The lowest BCUT2D eigenvalue weighted by Gasteiger charge is -2.16. The maximum absolute atomic E-state index is 12.2. The summed E-state index contributed by atoms with van der Waals surface area (Å²) in [6.45, 7) is 3.51. The second-order valence-electron chi connectivity index (χ2n) is 4.71. The number of carbonyl (C=O) groups is 2. The first kappa shape index (κ1) is 14.5. The summed E-state index contributed by atoms with van der Waals surface area (Å²) in [5.41, 5.74) is 0.983. The molecule has 1 aliphatic heterocycles. The van der Waals surface area contributed by atoms with Gasteiger partial charge in [-0.3, -0.25) is 9.59 Å². The average molecular weight is 281 g/mol. The quantitative estimate of drug-likeness (QED) is 0.628. The third-order valence-corrected chi connectivity index (χ3v) is 3.15. The predicted molar refractivity (Wildman–Crippen MR) is 72.7 cm³/mol. The van der Waals surface area contributed by atoms with Crippen LogP contribution in [-0.4, -0.2) is 42.3 Å². The fraction of sp³-hybridized carbons (Fsp3) is 0.429. The molecule has 1 saturated heterocycles. The highest BCUT2D eigenvalue weighted by atomic mass is 16.5. The molecular formula is C14H19NO5. The van der Waals surface area contributed by atoms with Crippen molar-refractivity contribution in [2.24, 2.45) is 0 Å². The molecule has 0 unspecified atom stereocenters. The van der Waals surface area contributed by atoms with E-state index in [1.165, 1.54) is 6.92 Å². The van der Waals surface area contributed by atoms with Crippen LogP contribution in [-0.2, 0) is 9.53 Å². The monoisotopic (exact) mass is 281 g/mol. The zero-order chi connectivity index (χ0) is 14.7. The van der Waals surface area contributed by atoms with Crippen LogP contribution in [0, 0.1) is 6.92 Å². The second kappa shape index (κ2) is 6.02. The summed E-state index contributed by atoms with van der Waals surface area (Å²) in [4.78, 5) is 23.2. The lowest BCUT2D eigenvalue weighted by atomic mass is 10.1. The summed E-state index contributed by atoms with van der Waals surface area (Å²) in [5.74, 6) is -0.412. The number of benzene rings is 1. The molecule has 0 aliphatic carbocycles. The van der Waals surface area contributed by atoms with E-state index in [1.54, 1.807) is 25.1 Å². The number of esters is 1. The van der Waals surface area contributed by atoms with Gasteiger partial charge in [-0.15, -0.1) is 0 Å². The Kier molecular flexibility index (Phi) is 4.36. The summed E-state index contributed by atoms with van der Waals surface area (Å²) >= 11 is 0. The van der Waals surface area contributed by atoms with Crippen molar-refractivity contribution in [3.63, 3.8) is 0 Å². The molecule has 0 radical (unpaired) electrons. The number of aliphatic hydroxyl groups excluding tert-OH is 1. The van der Waals surface area contributed by atoms with E-state index in [9.17, 15) is 14.7 Å². The molecule has 0 saturated carbocycles. The van der Waals surface area contributed by atoms with Gasteiger partial charge in [0.05, 0.1) is 25.4 Å². The van der Waals surface area contributed by atoms with E-state index in [4.69, 9.17) is 9.47 Å². The summed E-state index contributed by atoms with van der Waals surface area (Å²) in [6, 6.07) is 4.49. The van der Waals surface area contributed by atoms with E-state index in [-0.39, 0.29) is 20.5 Å². The SMILES string of the molecule is CC(=O)Oc1cccc(C(=O)N[C@H]2COC[C@@H]2O)c1C.[HH]. The van der Waals surface area contributed by atoms with Crippen LogP contribution >= 0.6 is 0 Å². The Hall–Kier alpha value is -1.92. The van der Waals surface area contributed by atoms with Crippen LogP contribution in [0.2, 0.25) is 0 Å². The maximum Gasteiger partial charge on any atom is 0.308 e. The van der Waals surface area contributed by atoms with Gasteiger partial charge in [0, 0.05) is 19.5 Å². The second-order valence-corrected chi connectivity index (χ2v) is 4.71. The van der Waals surface area contributed by atoms with Crippen LogP contribution in [0.4, 0.5) is 0 Å². The molecule has 6 heteroatoms. The minimum absolute atomic E-state index is 0. The van der Waals surface area contributed by atoms with Gasteiger partial charge in [0.1, 0.15) is 5.75 Å². The standard InChI is InChI=1S/C14H17NO5.H2/c1-8-10(4-3-5-13(8)20-9(2)16)14(18)15-11-6-19-7-12(11)17;/h3-5,11-12,17H,6-7H2,1-2H3,(H,15,18);1H/t11-,12-;/m0./s1. The number of amides is 1. The molecule has 0 bridgehead atoms. The van der Waals surface area contributed by atoms with Gasteiger partial charge in [-0.05, 0) is 19.1 Å². The van der Waals surface area contributed by atoms with Crippen molar-refractivity contribution in [3.05, 3.63) is 29.3 Å². The first-order valence-electron chi connectivity index (χ1n) is 6.33. The smallest absolute Gasteiger partial charge is 0.308 e. The van der Waals surface area contributed by atoms with Gasteiger partial charge in [-0.25, -0.2) is 0 Å². The van der Waals surface area contributed by atoms with Gasteiger partial charge >= 0.3 is 5.97 Å². The Morgan fingerprint density at radius 2 is 2.20 bits per heavy atom. The molecule has 20 heavy (non-hydrogen) atoms. The number of hydrogen-bond donors (Lipinski definition) is 2. The van der Waals surface area contributed by atoms with Crippen molar-refractivity contribution in [1.82, 2.24) is 5.32 Å². The van der Waals surface area contributed by atoms with Crippen LogP contribution in [0.15, 0.2) is 18.2 Å². The van der Waals surface area contributed by atoms with Crippen molar-refractivity contribution < 1.29 is 25.6 Å². The number of carbonyl (C=O) groups excluding carboxylic acids is 2. The molecule has 1 fully saturated rings. The molecule has 2 rings (SSSR count). The van der Waals surface area contributed by atoms with E-state index < -0.39 is 18.1 Å². The zero-order valence-electron chi connectivity index (χ0n) is 11.4. The highest BCUT2D eigenvalue weighted by molar-refractivity contribution is 5.96. The molecule has 0 spiro atoms. The number of aliphatic hydroxyl groups is 1. The molecule has 2 atom stereocenters. The van der Waals surface area contributed by atoms with Crippen LogP contribution in [0.5, 0.6) is 5.75 Å². The lowest BCUT2D eigenvalue weighted by molar-refractivity contribution is -0.131. The van der Waals surface area contributed by atoms with Gasteiger partial charge in [-0.2, -0.15) is 0 Å². The molecule has 1 amide bonds. The van der Waals surface area contributed by atoms with Crippen molar-refractivity contribution in [2.75, 3.05) is 13.2 Å². The fourth-order valence-electron chi connectivity index (χ4n) is 2.05. The molecule has 2 N–H and O–H groups in total. The number of rotatable bonds is 3. The van der Waals surface area contributed by atoms with E-state index >= 15 is 0 Å². The third-order valence-electron chi connectivity index (χ3n) is 3.15. The Bertz CT molecular complexity index is 534. The Balaban J connectivity index is 0.00000220. The first-order valence-corrected chi connectivity index (χ1v) is 6.33. The number of ether oxygens (including phenoxy) is 2. The highest BCUT2D eigenvalue weighted by Crippen LogP contribution is 2.22. The van der Waals surface area contributed by atoms with Gasteiger partial charge in [-0.1, -0.05) is 6.07 Å². The third kappa shape index (κ3) is 3.15. The van der Waals surface area contributed by atoms with Gasteiger partial charge in [0.15, 0.2) is 0 Å². The Labute approximate surface area is 118 Å². The molecule has 1 aromatic rings. The van der Waals surface area contributed by atoms with Gasteiger partial charge in [0.2, 0.25) is 0 Å².